The maximum Gasteiger partial charge on any atom is 0.253 e. The topological polar surface area (TPSA) is 34.0 Å². The number of benzene rings is 1. The second-order valence-electron chi connectivity index (χ2n) is 5.51. The van der Waals surface area contributed by atoms with Crippen LogP contribution in [0.1, 0.15) is 36.1 Å². The molecule has 1 aromatic heterocycles. The predicted molar refractivity (Wildman–Crippen MR) is 87.7 cm³/mol. The third-order valence-corrected chi connectivity index (χ3v) is 3.79. The second-order valence-corrected chi connectivity index (χ2v) is 5.51. The molecule has 112 valence electrons. The summed E-state index contributed by atoms with van der Waals surface area (Å²) in [5.41, 5.74) is 3.40. The van der Waals surface area contributed by atoms with Crippen LogP contribution >= 0.6 is 0 Å². The van der Waals surface area contributed by atoms with E-state index in [9.17, 15) is 4.79 Å². The molecule has 3 heteroatoms. The van der Waals surface area contributed by atoms with Crippen molar-refractivity contribution in [3.8, 4) is 0 Å². The van der Waals surface area contributed by atoms with Crippen molar-refractivity contribution in [2.75, 3.05) is 6.54 Å². The van der Waals surface area contributed by atoms with Crippen LogP contribution in [0, 0.1) is 13.8 Å². The van der Waals surface area contributed by atoms with Gasteiger partial charge in [-0.2, -0.15) is 0 Å². The number of rotatable bonds is 6. The van der Waals surface area contributed by atoms with Crippen LogP contribution in [0.4, 0.5) is 0 Å². The fourth-order valence-corrected chi connectivity index (χ4v) is 2.57. The minimum atomic E-state index is 0.0920. The molecule has 0 saturated carbocycles. The number of nitrogens with zero attached hydrogens (tertiary/aromatic N) is 1. The highest BCUT2D eigenvalue weighted by Gasteiger charge is 2.14. The van der Waals surface area contributed by atoms with Gasteiger partial charge in [0.2, 0.25) is 0 Å². The van der Waals surface area contributed by atoms with Crippen molar-refractivity contribution in [1.29, 1.82) is 0 Å². The van der Waals surface area contributed by atoms with Crippen LogP contribution in [0.25, 0.3) is 0 Å². The van der Waals surface area contributed by atoms with E-state index in [1.807, 2.05) is 25.3 Å². The smallest absolute Gasteiger partial charge is 0.253 e. The molecule has 0 aliphatic heterocycles. The minimum absolute atomic E-state index is 0.0920. The fourth-order valence-electron chi connectivity index (χ4n) is 2.57. The van der Waals surface area contributed by atoms with Crippen molar-refractivity contribution >= 4 is 0 Å². The zero-order valence-electron chi connectivity index (χ0n) is 13.1. The largest absolute Gasteiger partial charge is 0.313 e. The first kappa shape index (κ1) is 15.5. The summed E-state index contributed by atoms with van der Waals surface area (Å²) in [6, 6.07) is 12.3. The van der Waals surface area contributed by atoms with Gasteiger partial charge in [0.1, 0.15) is 0 Å². The Bertz CT molecular complexity index is 646. The molecule has 0 aliphatic carbocycles. The number of aryl methyl sites for hydroxylation is 2. The lowest BCUT2D eigenvalue weighted by Gasteiger charge is -2.22. The van der Waals surface area contributed by atoms with Gasteiger partial charge in [0, 0.05) is 18.3 Å². The SMILES string of the molecule is CCCNC(Cn1cccc(C)c1=O)c1ccccc1C. The van der Waals surface area contributed by atoms with Gasteiger partial charge in [-0.25, -0.2) is 0 Å². The van der Waals surface area contributed by atoms with Gasteiger partial charge in [-0.1, -0.05) is 37.3 Å². The van der Waals surface area contributed by atoms with E-state index in [1.165, 1.54) is 11.1 Å². The molecular weight excluding hydrogens is 260 g/mol. The van der Waals surface area contributed by atoms with Crippen molar-refractivity contribution in [3.63, 3.8) is 0 Å². The molecule has 21 heavy (non-hydrogen) atoms. The maximum absolute atomic E-state index is 12.2. The van der Waals surface area contributed by atoms with E-state index < -0.39 is 0 Å². The molecule has 0 radical (unpaired) electrons. The molecule has 0 bridgehead atoms. The Morgan fingerprint density at radius 3 is 2.52 bits per heavy atom. The minimum Gasteiger partial charge on any atom is -0.313 e. The second kappa shape index (κ2) is 7.23. The molecule has 0 aliphatic rings. The van der Waals surface area contributed by atoms with Crippen LogP contribution in [-0.2, 0) is 6.54 Å². The van der Waals surface area contributed by atoms with E-state index in [-0.39, 0.29) is 11.6 Å². The first-order valence-corrected chi connectivity index (χ1v) is 7.58. The molecule has 0 amide bonds. The molecule has 1 atom stereocenters. The van der Waals surface area contributed by atoms with Crippen molar-refractivity contribution in [2.24, 2.45) is 0 Å². The molecular formula is C18H24N2O. The monoisotopic (exact) mass is 284 g/mol. The normalized spacial score (nSPS) is 12.3. The van der Waals surface area contributed by atoms with Gasteiger partial charge >= 0.3 is 0 Å². The number of hydrogen-bond donors (Lipinski definition) is 1. The van der Waals surface area contributed by atoms with E-state index in [4.69, 9.17) is 0 Å². The summed E-state index contributed by atoms with van der Waals surface area (Å²) in [6.07, 6.45) is 2.94. The Labute approximate surface area is 126 Å². The number of pyridine rings is 1. The number of aromatic nitrogens is 1. The summed E-state index contributed by atoms with van der Waals surface area (Å²) in [6.45, 7) is 7.74. The predicted octanol–water partition coefficient (Wildman–Crippen LogP) is 3.21. The Morgan fingerprint density at radius 1 is 1.10 bits per heavy atom. The van der Waals surface area contributed by atoms with Gasteiger partial charge in [0.25, 0.3) is 5.56 Å². The van der Waals surface area contributed by atoms with Crippen molar-refractivity contribution in [1.82, 2.24) is 9.88 Å². The Kier molecular flexibility index (Phi) is 5.34. The molecule has 1 aromatic carbocycles. The number of nitrogens with one attached hydrogen (secondary N) is 1. The zero-order valence-corrected chi connectivity index (χ0v) is 13.1. The molecule has 1 unspecified atom stereocenters. The van der Waals surface area contributed by atoms with Crippen LogP contribution < -0.4 is 10.9 Å². The Balaban J connectivity index is 2.31. The van der Waals surface area contributed by atoms with E-state index in [1.54, 1.807) is 4.57 Å². The van der Waals surface area contributed by atoms with E-state index in [0.29, 0.717) is 6.54 Å². The van der Waals surface area contributed by atoms with Crippen molar-refractivity contribution in [2.45, 2.75) is 39.8 Å². The first-order chi connectivity index (χ1) is 10.1. The molecule has 0 fully saturated rings. The summed E-state index contributed by atoms with van der Waals surface area (Å²) in [5, 5.41) is 3.56. The molecule has 0 saturated heterocycles. The lowest BCUT2D eigenvalue weighted by Crippen LogP contribution is -2.31. The lowest BCUT2D eigenvalue weighted by molar-refractivity contribution is 0.454. The van der Waals surface area contributed by atoms with E-state index in [2.05, 4.69) is 43.4 Å². The van der Waals surface area contributed by atoms with Gasteiger partial charge in [-0.15, -0.1) is 0 Å². The lowest BCUT2D eigenvalue weighted by atomic mass is 10.0. The zero-order chi connectivity index (χ0) is 15.2. The molecule has 3 nitrogen and oxygen atoms in total. The fraction of sp³-hybridized carbons (Fsp3) is 0.389. The highest BCUT2D eigenvalue weighted by molar-refractivity contribution is 5.28. The van der Waals surface area contributed by atoms with Gasteiger partial charge in [-0.3, -0.25) is 4.79 Å². The molecule has 1 heterocycles. The first-order valence-electron chi connectivity index (χ1n) is 7.58. The standard InChI is InChI=1S/C18H24N2O/c1-4-11-19-17(16-10-6-5-8-14(16)2)13-20-12-7-9-15(3)18(20)21/h5-10,12,17,19H,4,11,13H2,1-3H3. The van der Waals surface area contributed by atoms with Crippen LogP contribution in [-0.4, -0.2) is 11.1 Å². The van der Waals surface area contributed by atoms with Crippen LogP contribution in [0.5, 0.6) is 0 Å². The third-order valence-electron chi connectivity index (χ3n) is 3.79. The summed E-state index contributed by atoms with van der Waals surface area (Å²) < 4.78 is 1.80. The third kappa shape index (κ3) is 3.82. The summed E-state index contributed by atoms with van der Waals surface area (Å²) in [5.74, 6) is 0. The van der Waals surface area contributed by atoms with Crippen LogP contribution in [0.3, 0.4) is 0 Å². The molecule has 0 spiro atoms. The average molecular weight is 284 g/mol. The summed E-state index contributed by atoms with van der Waals surface area (Å²) in [4.78, 5) is 12.2. The Morgan fingerprint density at radius 2 is 1.81 bits per heavy atom. The Hall–Kier alpha value is -1.87. The van der Waals surface area contributed by atoms with Gasteiger partial charge in [-0.05, 0) is 44.0 Å². The highest BCUT2D eigenvalue weighted by Crippen LogP contribution is 2.19. The van der Waals surface area contributed by atoms with Crippen molar-refractivity contribution in [3.05, 3.63) is 69.6 Å². The average Bonchev–Trinajstić information content (AvgIpc) is 2.48. The van der Waals surface area contributed by atoms with Crippen molar-refractivity contribution < 1.29 is 0 Å². The van der Waals surface area contributed by atoms with Crippen LogP contribution in [0.15, 0.2) is 47.4 Å². The van der Waals surface area contributed by atoms with E-state index >= 15 is 0 Å². The number of hydrogen-bond acceptors (Lipinski definition) is 2. The summed E-state index contributed by atoms with van der Waals surface area (Å²) >= 11 is 0. The maximum atomic E-state index is 12.2. The highest BCUT2D eigenvalue weighted by atomic mass is 16.1. The molecule has 2 aromatic rings. The summed E-state index contributed by atoms with van der Waals surface area (Å²) in [7, 11) is 0. The van der Waals surface area contributed by atoms with Gasteiger partial charge < -0.3 is 9.88 Å². The molecule has 2 rings (SSSR count). The van der Waals surface area contributed by atoms with Crippen LogP contribution in [0.2, 0.25) is 0 Å². The molecule has 1 N–H and O–H groups in total. The van der Waals surface area contributed by atoms with Gasteiger partial charge in [0.05, 0.1) is 6.04 Å². The quantitative estimate of drug-likeness (QED) is 0.884. The van der Waals surface area contributed by atoms with E-state index in [0.717, 1.165) is 18.5 Å². The van der Waals surface area contributed by atoms with Gasteiger partial charge in [0.15, 0.2) is 0 Å².